The zero-order chi connectivity index (χ0) is 11.7. The van der Waals surface area contributed by atoms with Gasteiger partial charge < -0.3 is 5.73 Å². The number of halogens is 3. The summed E-state index contributed by atoms with van der Waals surface area (Å²) in [7, 11) is 0. The first-order valence-corrected chi connectivity index (χ1v) is 5.24. The van der Waals surface area contributed by atoms with Gasteiger partial charge in [-0.15, -0.1) is 0 Å². The Kier molecular flexibility index (Phi) is 2.87. The van der Waals surface area contributed by atoms with Crippen LogP contribution in [0.4, 0.5) is 14.6 Å². The van der Waals surface area contributed by atoms with Gasteiger partial charge in [0.25, 0.3) is 0 Å². The van der Waals surface area contributed by atoms with E-state index in [1.807, 2.05) is 0 Å². The Balaban J connectivity index is 2.68. The predicted octanol–water partition coefficient (Wildman–Crippen LogP) is 3.37. The molecule has 0 saturated heterocycles. The first-order valence-electron chi connectivity index (χ1n) is 4.45. The number of anilines is 1. The van der Waals surface area contributed by atoms with E-state index in [-0.39, 0.29) is 15.9 Å². The summed E-state index contributed by atoms with van der Waals surface area (Å²) in [5.74, 6) is -1.06. The lowest BCUT2D eigenvalue weighted by molar-refractivity contribution is 0.585. The summed E-state index contributed by atoms with van der Waals surface area (Å²) in [4.78, 5) is 3.77. The zero-order valence-corrected chi connectivity index (χ0v) is 9.63. The average molecular weight is 285 g/mol. The number of nitrogens with zero attached hydrogens (tertiary/aromatic N) is 1. The molecule has 2 nitrogen and oxygen atoms in total. The van der Waals surface area contributed by atoms with E-state index >= 15 is 0 Å². The van der Waals surface area contributed by atoms with Crippen molar-refractivity contribution >= 4 is 21.7 Å². The molecule has 16 heavy (non-hydrogen) atoms. The van der Waals surface area contributed by atoms with Crippen molar-refractivity contribution in [2.45, 2.75) is 0 Å². The van der Waals surface area contributed by atoms with Crippen molar-refractivity contribution in [2.75, 3.05) is 5.73 Å². The van der Waals surface area contributed by atoms with Gasteiger partial charge in [-0.3, -0.25) is 0 Å². The van der Waals surface area contributed by atoms with Crippen LogP contribution >= 0.6 is 15.9 Å². The quantitative estimate of drug-likeness (QED) is 0.816. The third kappa shape index (κ3) is 1.90. The van der Waals surface area contributed by atoms with Crippen LogP contribution < -0.4 is 5.73 Å². The van der Waals surface area contributed by atoms with Crippen LogP contribution in [0, 0.1) is 11.6 Å². The first kappa shape index (κ1) is 11.0. The number of nitrogens with two attached hydrogens (primary N) is 1. The number of rotatable bonds is 1. The molecule has 0 aliphatic heterocycles. The average Bonchev–Trinajstić information content (AvgIpc) is 2.24. The summed E-state index contributed by atoms with van der Waals surface area (Å²) in [6.45, 7) is 0. The molecule has 0 radical (unpaired) electrons. The molecule has 1 heterocycles. The molecular weight excluding hydrogens is 278 g/mol. The number of hydrogen-bond donors (Lipinski definition) is 1. The maximum atomic E-state index is 13.7. The van der Waals surface area contributed by atoms with Crippen LogP contribution in [-0.2, 0) is 0 Å². The van der Waals surface area contributed by atoms with Gasteiger partial charge in [-0.1, -0.05) is 0 Å². The number of pyridine rings is 1. The zero-order valence-electron chi connectivity index (χ0n) is 8.05. The molecule has 1 aromatic carbocycles. The molecule has 0 unspecified atom stereocenters. The minimum absolute atomic E-state index is 0.108. The SMILES string of the molecule is Nc1cc(-c2c(F)ccc(Br)c2F)ccn1. The fraction of sp³-hybridized carbons (Fsp3) is 0. The van der Waals surface area contributed by atoms with E-state index in [1.165, 1.54) is 30.5 Å². The third-order valence-corrected chi connectivity index (χ3v) is 2.73. The van der Waals surface area contributed by atoms with Gasteiger partial charge in [-0.2, -0.15) is 0 Å². The van der Waals surface area contributed by atoms with E-state index in [4.69, 9.17) is 5.73 Å². The highest BCUT2D eigenvalue weighted by molar-refractivity contribution is 9.10. The number of nitrogen functional groups attached to an aromatic ring is 1. The normalized spacial score (nSPS) is 10.4. The summed E-state index contributed by atoms with van der Waals surface area (Å²) in [5, 5.41) is 0. The van der Waals surface area contributed by atoms with Crippen molar-refractivity contribution in [3.05, 3.63) is 46.6 Å². The summed E-state index contributed by atoms with van der Waals surface area (Å²) in [5.41, 5.74) is 5.72. The molecule has 2 N–H and O–H groups in total. The monoisotopic (exact) mass is 284 g/mol. The van der Waals surface area contributed by atoms with Gasteiger partial charge in [0.2, 0.25) is 0 Å². The summed E-state index contributed by atoms with van der Waals surface area (Å²) in [6, 6.07) is 5.44. The number of hydrogen-bond acceptors (Lipinski definition) is 2. The summed E-state index contributed by atoms with van der Waals surface area (Å²) in [6.07, 6.45) is 1.41. The molecule has 1 aromatic heterocycles. The molecule has 0 bridgehead atoms. The molecule has 0 spiro atoms. The van der Waals surface area contributed by atoms with Crippen LogP contribution in [0.15, 0.2) is 34.9 Å². The molecule has 5 heteroatoms. The second-order valence-corrected chi connectivity index (χ2v) is 4.04. The molecule has 0 saturated carbocycles. The van der Waals surface area contributed by atoms with Crippen LogP contribution in [0.25, 0.3) is 11.1 Å². The largest absolute Gasteiger partial charge is 0.384 e. The minimum Gasteiger partial charge on any atom is -0.384 e. The van der Waals surface area contributed by atoms with Crippen LogP contribution in [0.2, 0.25) is 0 Å². The lowest BCUT2D eigenvalue weighted by Crippen LogP contribution is -1.94. The first-order chi connectivity index (χ1) is 7.59. The highest BCUT2D eigenvalue weighted by Crippen LogP contribution is 2.30. The van der Waals surface area contributed by atoms with Gasteiger partial charge in [0.15, 0.2) is 0 Å². The smallest absolute Gasteiger partial charge is 0.148 e. The van der Waals surface area contributed by atoms with E-state index in [9.17, 15) is 8.78 Å². The van der Waals surface area contributed by atoms with Crippen LogP contribution in [0.3, 0.4) is 0 Å². The van der Waals surface area contributed by atoms with Crippen molar-refractivity contribution in [2.24, 2.45) is 0 Å². The van der Waals surface area contributed by atoms with Crippen molar-refractivity contribution < 1.29 is 8.78 Å². The van der Waals surface area contributed by atoms with Crippen molar-refractivity contribution in [3.63, 3.8) is 0 Å². The van der Waals surface area contributed by atoms with Gasteiger partial charge in [-0.05, 0) is 45.8 Å². The second kappa shape index (κ2) is 4.17. The summed E-state index contributed by atoms with van der Waals surface area (Å²) < 4.78 is 27.5. The topological polar surface area (TPSA) is 38.9 Å². The third-order valence-electron chi connectivity index (χ3n) is 2.11. The highest BCUT2D eigenvalue weighted by Gasteiger charge is 2.14. The van der Waals surface area contributed by atoms with Crippen molar-refractivity contribution in [1.29, 1.82) is 0 Å². The van der Waals surface area contributed by atoms with Gasteiger partial charge in [0, 0.05) is 6.20 Å². The number of benzene rings is 1. The fourth-order valence-corrected chi connectivity index (χ4v) is 1.73. The van der Waals surface area contributed by atoms with Gasteiger partial charge in [0.05, 0.1) is 10.0 Å². The Hall–Kier alpha value is -1.49. The lowest BCUT2D eigenvalue weighted by atomic mass is 10.1. The van der Waals surface area contributed by atoms with Crippen molar-refractivity contribution in [3.8, 4) is 11.1 Å². The van der Waals surface area contributed by atoms with Gasteiger partial charge in [-0.25, -0.2) is 13.8 Å². The Morgan fingerprint density at radius 1 is 1.19 bits per heavy atom. The standard InChI is InChI=1S/C11H7BrF2N2/c12-7-1-2-8(13)10(11(7)14)6-3-4-16-9(15)5-6/h1-5H,(H2,15,16). The van der Waals surface area contributed by atoms with Gasteiger partial charge in [0.1, 0.15) is 17.5 Å². The molecule has 0 atom stereocenters. The fourth-order valence-electron chi connectivity index (χ4n) is 1.40. The molecule has 82 valence electrons. The maximum Gasteiger partial charge on any atom is 0.148 e. The Bertz CT molecular complexity index is 544. The minimum atomic E-state index is -0.648. The Morgan fingerprint density at radius 3 is 2.62 bits per heavy atom. The van der Waals surface area contributed by atoms with E-state index in [1.54, 1.807) is 0 Å². The summed E-state index contributed by atoms with van der Waals surface area (Å²) >= 11 is 3.01. The van der Waals surface area contributed by atoms with E-state index in [2.05, 4.69) is 20.9 Å². The second-order valence-electron chi connectivity index (χ2n) is 3.19. The Labute approximate surface area is 99.2 Å². The van der Waals surface area contributed by atoms with E-state index in [0.29, 0.717) is 5.56 Å². The van der Waals surface area contributed by atoms with E-state index < -0.39 is 11.6 Å². The molecule has 0 aliphatic carbocycles. The molecule has 2 rings (SSSR count). The molecule has 0 aliphatic rings. The lowest BCUT2D eigenvalue weighted by Gasteiger charge is -2.06. The highest BCUT2D eigenvalue weighted by atomic mass is 79.9. The van der Waals surface area contributed by atoms with Crippen molar-refractivity contribution in [1.82, 2.24) is 4.98 Å². The molecule has 2 aromatic rings. The maximum absolute atomic E-state index is 13.7. The number of aromatic nitrogens is 1. The predicted molar refractivity (Wildman–Crippen MR) is 61.7 cm³/mol. The van der Waals surface area contributed by atoms with Crippen LogP contribution in [0.5, 0.6) is 0 Å². The van der Waals surface area contributed by atoms with Gasteiger partial charge >= 0.3 is 0 Å². The van der Waals surface area contributed by atoms with Crippen LogP contribution in [-0.4, -0.2) is 4.98 Å². The molecule has 0 amide bonds. The van der Waals surface area contributed by atoms with E-state index in [0.717, 1.165) is 0 Å². The van der Waals surface area contributed by atoms with Crippen LogP contribution in [0.1, 0.15) is 0 Å². The molecule has 0 fully saturated rings. The molecular formula is C11H7BrF2N2. The Morgan fingerprint density at radius 2 is 1.94 bits per heavy atom.